The van der Waals surface area contributed by atoms with Gasteiger partial charge in [0.2, 0.25) is 0 Å². The van der Waals surface area contributed by atoms with Crippen LogP contribution in [-0.2, 0) is 12.8 Å². The number of carbonyl (C=O) groups is 1. The van der Waals surface area contributed by atoms with Crippen molar-refractivity contribution in [2.75, 3.05) is 13.1 Å². The van der Waals surface area contributed by atoms with Crippen molar-refractivity contribution in [3.05, 3.63) is 21.4 Å². The number of rotatable bonds is 1. The van der Waals surface area contributed by atoms with Crippen molar-refractivity contribution in [3.8, 4) is 0 Å². The van der Waals surface area contributed by atoms with Crippen molar-refractivity contribution < 1.29 is 4.79 Å². The van der Waals surface area contributed by atoms with Gasteiger partial charge in [-0.15, -0.1) is 11.3 Å². The van der Waals surface area contributed by atoms with Crippen LogP contribution >= 0.6 is 11.3 Å². The molecule has 1 aromatic rings. The second-order valence-corrected chi connectivity index (χ2v) is 7.54. The average molecular weight is 277 g/mol. The van der Waals surface area contributed by atoms with E-state index in [9.17, 15) is 4.79 Å². The SMILES string of the molecule is CC1CCc2sc(C(=O)N3CCCC(C)C3)cc2C1. The molecule has 2 aliphatic rings. The van der Waals surface area contributed by atoms with Gasteiger partial charge < -0.3 is 4.90 Å². The molecule has 2 atom stereocenters. The molecular weight excluding hydrogens is 254 g/mol. The summed E-state index contributed by atoms with van der Waals surface area (Å²) in [5, 5.41) is 0. The minimum Gasteiger partial charge on any atom is -0.338 e. The van der Waals surface area contributed by atoms with Crippen molar-refractivity contribution in [1.82, 2.24) is 4.90 Å². The number of piperidine rings is 1. The molecule has 1 aromatic heterocycles. The summed E-state index contributed by atoms with van der Waals surface area (Å²) in [5.41, 5.74) is 1.44. The van der Waals surface area contributed by atoms with Crippen LogP contribution in [0.15, 0.2) is 6.07 Å². The first kappa shape index (κ1) is 13.2. The lowest BCUT2D eigenvalue weighted by Crippen LogP contribution is -2.38. The first-order chi connectivity index (χ1) is 9.13. The van der Waals surface area contributed by atoms with Crippen LogP contribution < -0.4 is 0 Å². The molecule has 0 bridgehead atoms. The van der Waals surface area contributed by atoms with E-state index in [-0.39, 0.29) is 5.91 Å². The molecule has 1 fully saturated rings. The fraction of sp³-hybridized carbons (Fsp3) is 0.688. The third kappa shape index (κ3) is 2.71. The van der Waals surface area contributed by atoms with E-state index >= 15 is 0 Å². The van der Waals surface area contributed by atoms with E-state index in [1.807, 2.05) is 0 Å². The Morgan fingerprint density at radius 1 is 1.32 bits per heavy atom. The van der Waals surface area contributed by atoms with Gasteiger partial charge in [-0.1, -0.05) is 13.8 Å². The van der Waals surface area contributed by atoms with Crippen LogP contribution in [0, 0.1) is 11.8 Å². The number of thiophene rings is 1. The molecule has 3 rings (SSSR count). The maximum atomic E-state index is 12.6. The summed E-state index contributed by atoms with van der Waals surface area (Å²) in [5.74, 6) is 1.71. The summed E-state index contributed by atoms with van der Waals surface area (Å²) >= 11 is 1.75. The van der Waals surface area contributed by atoms with Gasteiger partial charge in [-0.25, -0.2) is 0 Å². The quantitative estimate of drug-likeness (QED) is 0.765. The van der Waals surface area contributed by atoms with Crippen LogP contribution in [0.1, 0.15) is 53.2 Å². The topological polar surface area (TPSA) is 20.3 Å². The number of nitrogens with zero attached hydrogens (tertiary/aromatic N) is 1. The minimum atomic E-state index is 0.276. The summed E-state index contributed by atoms with van der Waals surface area (Å²) < 4.78 is 0. The lowest BCUT2D eigenvalue weighted by molar-refractivity contribution is 0.0688. The Kier molecular flexibility index (Phi) is 3.66. The number of aryl methyl sites for hydroxylation is 1. The first-order valence-electron chi connectivity index (χ1n) is 7.54. The lowest BCUT2D eigenvalue weighted by Gasteiger charge is -2.30. The Hall–Kier alpha value is -0.830. The van der Waals surface area contributed by atoms with Crippen LogP contribution in [0.25, 0.3) is 0 Å². The molecule has 1 amide bonds. The van der Waals surface area contributed by atoms with Gasteiger partial charge in [-0.05, 0) is 55.6 Å². The Morgan fingerprint density at radius 3 is 2.95 bits per heavy atom. The molecule has 2 heterocycles. The monoisotopic (exact) mass is 277 g/mol. The van der Waals surface area contributed by atoms with Crippen molar-refractivity contribution in [1.29, 1.82) is 0 Å². The van der Waals surface area contributed by atoms with Crippen LogP contribution in [-0.4, -0.2) is 23.9 Å². The molecule has 3 heteroatoms. The third-order valence-corrected chi connectivity index (χ3v) is 5.71. The second kappa shape index (κ2) is 5.28. The fourth-order valence-corrected chi connectivity index (χ4v) is 4.52. The number of likely N-dealkylation sites (tertiary alicyclic amines) is 1. The van der Waals surface area contributed by atoms with Crippen molar-refractivity contribution in [2.45, 2.75) is 46.0 Å². The van der Waals surface area contributed by atoms with Crippen molar-refractivity contribution >= 4 is 17.2 Å². The van der Waals surface area contributed by atoms with Crippen LogP contribution in [0.5, 0.6) is 0 Å². The standard InChI is InChI=1S/C16H23NOS/c1-11-5-6-14-13(8-11)9-15(19-14)16(18)17-7-3-4-12(2)10-17/h9,11-12H,3-8,10H2,1-2H3. The maximum absolute atomic E-state index is 12.6. The highest BCUT2D eigenvalue weighted by Gasteiger charge is 2.26. The largest absolute Gasteiger partial charge is 0.338 e. The Morgan fingerprint density at radius 2 is 2.16 bits per heavy atom. The normalized spacial score (nSPS) is 27.2. The van der Waals surface area contributed by atoms with Gasteiger partial charge in [0.25, 0.3) is 5.91 Å². The van der Waals surface area contributed by atoms with Crippen LogP contribution in [0.3, 0.4) is 0 Å². The number of carbonyl (C=O) groups excluding carboxylic acids is 1. The van der Waals surface area contributed by atoms with E-state index in [0.717, 1.165) is 36.7 Å². The zero-order chi connectivity index (χ0) is 13.4. The van der Waals surface area contributed by atoms with Crippen molar-refractivity contribution in [3.63, 3.8) is 0 Å². The zero-order valence-electron chi connectivity index (χ0n) is 11.9. The molecule has 104 valence electrons. The molecule has 0 radical (unpaired) electrons. The van der Waals surface area contributed by atoms with E-state index in [4.69, 9.17) is 0 Å². The number of fused-ring (bicyclic) bond motifs is 1. The fourth-order valence-electron chi connectivity index (χ4n) is 3.34. The molecule has 0 N–H and O–H groups in total. The number of hydrogen-bond donors (Lipinski definition) is 0. The predicted octanol–water partition coefficient (Wildman–Crippen LogP) is 3.75. The molecule has 1 saturated heterocycles. The van der Waals surface area contributed by atoms with E-state index in [1.54, 1.807) is 11.3 Å². The highest BCUT2D eigenvalue weighted by atomic mass is 32.1. The van der Waals surface area contributed by atoms with Crippen LogP contribution in [0.2, 0.25) is 0 Å². The highest BCUT2D eigenvalue weighted by Crippen LogP contribution is 2.33. The molecule has 0 aromatic carbocycles. The zero-order valence-corrected chi connectivity index (χ0v) is 12.8. The van der Waals surface area contributed by atoms with E-state index < -0.39 is 0 Å². The summed E-state index contributed by atoms with van der Waals surface area (Å²) in [6, 6.07) is 2.18. The molecule has 1 aliphatic heterocycles. The Bertz CT molecular complexity index is 479. The Balaban J connectivity index is 1.77. The minimum absolute atomic E-state index is 0.276. The summed E-state index contributed by atoms with van der Waals surface area (Å²) in [4.78, 5) is 17.1. The van der Waals surface area contributed by atoms with Gasteiger partial charge in [-0.3, -0.25) is 4.79 Å². The molecule has 0 saturated carbocycles. The number of hydrogen-bond acceptors (Lipinski definition) is 2. The second-order valence-electron chi connectivity index (χ2n) is 6.41. The predicted molar refractivity (Wildman–Crippen MR) is 79.8 cm³/mol. The molecular formula is C16H23NOS. The third-order valence-electron chi connectivity index (χ3n) is 4.48. The van der Waals surface area contributed by atoms with E-state index in [1.165, 1.54) is 29.7 Å². The lowest BCUT2D eigenvalue weighted by atomic mass is 9.90. The molecule has 1 aliphatic carbocycles. The smallest absolute Gasteiger partial charge is 0.263 e. The maximum Gasteiger partial charge on any atom is 0.263 e. The van der Waals surface area contributed by atoms with Gasteiger partial charge in [0.05, 0.1) is 4.88 Å². The Labute approximate surface area is 119 Å². The molecule has 2 unspecified atom stereocenters. The highest BCUT2D eigenvalue weighted by molar-refractivity contribution is 7.14. The van der Waals surface area contributed by atoms with Gasteiger partial charge in [0.15, 0.2) is 0 Å². The average Bonchev–Trinajstić information content (AvgIpc) is 2.80. The van der Waals surface area contributed by atoms with Gasteiger partial charge in [-0.2, -0.15) is 0 Å². The van der Waals surface area contributed by atoms with Gasteiger partial charge in [0.1, 0.15) is 0 Å². The number of amides is 1. The summed E-state index contributed by atoms with van der Waals surface area (Å²) in [6.07, 6.45) is 6.04. The first-order valence-corrected chi connectivity index (χ1v) is 8.36. The summed E-state index contributed by atoms with van der Waals surface area (Å²) in [7, 11) is 0. The summed E-state index contributed by atoms with van der Waals surface area (Å²) in [6.45, 7) is 6.45. The van der Waals surface area contributed by atoms with Crippen molar-refractivity contribution in [2.24, 2.45) is 11.8 Å². The van der Waals surface area contributed by atoms with Gasteiger partial charge in [0, 0.05) is 18.0 Å². The molecule has 2 nitrogen and oxygen atoms in total. The van der Waals surface area contributed by atoms with Gasteiger partial charge >= 0.3 is 0 Å². The van der Waals surface area contributed by atoms with E-state index in [0.29, 0.717) is 5.92 Å². The van der Waals surface area contributed by atoms with E-state index in [2.05, 4.69) is 24.8 Å². The molecule has 19 heavy (non-hydrogen) atoms. The molecule has 0 spiro atoms. The van der Waals surface area contributed by atoms with Crippen LogP contribution in [0.4, 0.5) is 0 Å².